The number of hydrogen-bond donors (Lipinski definition) is 1. The first-order valence-corrected chi connectivity index (χ1v) is 5.21. The van der Waals surface area contributed by atoms with E-state index in [-0.39, 0.29) is 12.3 Å². The van der Waals surface area contributed by atoms with Gasteiger partial charge in [-0.2, -0.15) is 0 Å². The van der Waals surface area contributed by atoms with Crippen LogP contribution < -0.4 is 10.5 Å². The summed E-state index contributed by atoms with van der Waals surface area (Å²) in [5, 5.41) is 0. The maximum absolute atomic E-state index is 11.6. The normalized spacial score (nSPS) is 17.4. The molecule has 1 aliphatic rings. The van der Waals surface area contributed by atoms with Gasteiger partial charge in [0.25, 0.3) is 0 Å². The maximum Gasteiger partial charge on any atom is 0.205 e. The molecule has 2 rings (SSSR count). The fourth-order valence-corrected chi connectivity index (χ4v) is 1.72. The molecule has 1 aromatic rings. The van der Waals surface area contributed by atoms with Crippen molar-refractivity contribution >= 4 is 5.78 Å². The lowest BCUT2D eigenvalue weighted by Crippen LogP contribution is -2.36. The predicted octanol–water partition coefficient (Wildman–Crippen LogP) is 1.47. The number of nitrogens with two attached hydrogens (primary N) is 1. The van der Waals surface area contributed by atoms with Gasteiger partial charge < -0.3 is 15.2 Å². The van der Waals surface area contributed by atoms with Gasteiger partial charge >= 0.3 is 0 Å². The average Bonchev–Trinajstić information content (AvgIpc) is 2.25. The number of carbonyl (C=O) groups excluding carboxylic acids is 1. The van der Waals surface area contributed by atoms with Gasteiger partial charge in [-0.25, -0.2) is 0 Å². The second-order valence-electron chi connectivity index (χ2n) is 4.20. The van der Waals surface area contributed by atoms with Gasteiger partial charge in [-0.05, 0) is 6.07 Å². The van der Waals surface area contributed by atoms with Crippen LogP contribution in [-0.2, 0) is 11.3 Å². The lowest BCUT2D eigenvalue weighted by Gasteiger charge is -2.33. The largest absolute Gasteiger partial charge is 0.463 e. The summed E-state index contributed by atoms with van der Waals surface area (Å²) in [7, 11) is 0. The van der Waals surface area contributed by atoms with E-state index in [0.29, 0.717) is 17.9 Å². The van der Waals surface area contributed by atoms with Crippen molar-refractivity contribution in [1.29, 1.82) is 0 Å². The van der Waals surface area contributed by atoms with Crippen molar-refractivity contribution in [3.05, 3.63) is 29.3 Å². The molecule has 4 nitrogen and oxygen atoms in total. The first-order chi connectivity index (χ1) is 7.53. The van der Waals surface area contributed by atoms with Crippen LogP contribution in [0.3, 0.4) is 0 Å². The highest BCUT2D eigenvalue weighted by molar-refractivity contribution is 5.99. The highest BCUT2D eigenvalue weighted by Crippen LogP contribution is 2.33. The van der Waals surface area contributed by atoms with Crippen molar-refractivity contribution in [2.24, 2.45) is 5.73 Å². The Kier molecular flexibility index (Phi) is 2.69. The molecule has 1 aromatic carbocycles. The van der Waals surface area contributed by atoms with Crippen LogP contribution in [0.25, 0.3) is 0 Å². The van der Waals surface area contributed by atoms with E-state index >= 15 is 0 Å². The fraction of sp³-hybridized carbons (Fsp3) is 0.417. The molecule has 1 heterocycles. The second kappa shape index (κ2) is 3.88. The molecule has 0 radical (unpaired) electrons. The zero-order chi connectivity index (χ0) is 11.8. The molecule has 0 aliphatic carbocycles. The van der Waals surface area contributed by atoms with Gasteiger partial charge in [0.1, 0.15) is 5.75 Å². The number of ether oxygens (including phenoxy) is 2. The molecule has 0 aromatic heterocycles. The first-order valence-electron chi connectivity index (χ1n) is 5.21. The Balaban J connectivity index is 2.43. The molecular formula is C12H15NO3. The minimum atomic E-state index is -0.641. The van der Waals surface area contributed by atoms with Gasteiger partial charge in [0.05, 0.1) is 13.2 Å². The number of hydrogen-bond acceptors (Lipinski definition) is 4. The minimum absolute atomic E-state index is 0.000153. The molecule has 86 valence electrons. The molecule has 0 bridgehead atoms. The zero-order valence-corrected chi connectivity index (χ0v) is 9.45. The van der Waals surface area contributed by atoms with E-state index in [0.717, 1.165) is 5.56 Å². The second-order valence-corrected chi connectivity index (χ2v) is 4.20. The standard InChI is InChI=1S/C12H15NO3/c1-12(2)15-7-9-8(10(14)6-13)4-3-5-11(9)16-12/h3-5H,6-7,13H2,1-2H3. The number of benzene rings is 1. The first kappa shape index (κ1) is 11.1. The van der Waals surface area contributed by atoms with Gasteiger partial charge in [-0.1, -0.05) is 12.1 Å². The van der Waals surface area contributed by atoms with Crippen molar-refractivity contribution in [2.75, 3.05) is 6.54 Å². The average molecular weight is 221 g/mol. The highest BCUT2D eigenvalue weighted by atomic mass is 16.7. The van der Waals surface area contributed by atoms with Crippen molar-refractivity contribution in [3.8, 4) is 5.75 Å². The van der Waals surface area contributed by atoms with E-state index in [1.54, 1.807) is 12.1 Å². The van der Waals surface area contributed by atoms with Crippen molar-refractivity contribution in [2.45, 2.75) is 26.2 Å². The summed E-state index contributed by atoms with van der Waals surface area (Å²) in [6.07, 6.45) is 0. The smallest absolute Gasteiger partial charge is 0.205 e. The Hall–Kier alpha value is -1.39. The molecule has 0 atom stereocenters. The van der Waals surface area contributed by atoms with Crippen molar-refractivity contribution in [3.63, 3.8) is 0 Å². The molecule has 0 saturated heterocycles. The SMILES string of the molecule is CC1(C)OCc2c(cccc2C(=O)CN)O1. The van der Waals surface area contributed by atoms with Crippen LogP contribution in [0, 0.1) is 0 Å². The van der Waals surface area contributed by atoms with E-state index in [2.05, 4.69) is 0 Å². The number of ketones is 1. The molecule has 0 saturated carbocycles. The lowest BCUT2D eigenvalue weighted by molar-refractivity contribution is -0.180. The number of carbonyl (C=O) groups is 1. The monoisotopic (exact) mass is 221 g/mol. The van der Waals surface area contributed by atoms with Crippen molar-refractivity contribution in [1.82, 2.24) is 0 Å². The molecule has 0 amide bonds. The molecule has 4 heteroatoms. The molecule has 0 unspecified atom stereocenters. The summed E-state index contributed by atoms with van der Waals surface area (Å²) in [5.74, 6) is -0.0310. The number of rotatable bonds is 2. The van der Waals surface area contributed by atoms with Gasteiger partial charge in [-0.3, -0.25) is 4.79 Å². The summed E-state index contributed by atoms with van der Waals surface area (Å²) in [4.78, 5) is 11.6. The van der Waals surface area contributed by atoms with Crippen LogP contribution in [0.1, 0.15) is 29.8 Å². The zero-order valence-electron chi connectivity index (χ0n) is 9.45. The number of Topliss-reactive ketones (excluding diaryl/α,β-unsaturated/α-hetero) is 1. The topological polar surface area (TPSA) is 61.5 Å². The molecule has 2 N–H and O–H groups in total. The Morgan fingerprint density at radius 3 is 2.94 bits per heavy atom. The van der Waals surface area contributed by atoms with Gasteiger partial charge in [0.2, 0.25) is 5.79 Å². The maximum atomic E-state index is 11.6. The fourth-order valence-electron chi connectivity index (χ4n) is 1.72. The molecule has 0 fully saturated rings. The molecular weight excluding hydrogens is 206 g/mol. The summed E-state index contributed by atoms with van der Waals surface area (Å²) in [6, 6.07) is 5.38. The summed E-state index contributed by atoms with van der Waals surface area (Å²) >= 11 is 0. The minimum Gasteiger partial charge on any atom is -0.463 e. The van der Waals surface area contributed by atoms with E-state index in [4.69, 9.17) is 15.2 Å². The summed E-state index contributed by atoms with van der Waals surface area (Å²) in [5.41, 5.74) is 6.74. The van der Waals surface area contributed by atoms with Crippen LogP contribution >= 0.6 is 0 Å². The van der Waals surface area contributed by atoms with Gasteiger partial charge in [-0.15, -0.1) is 0 Å². The van der Waals surface area contributed by atoms with Gasteiger partial charge in [0, 0.05) is 25.0 Å². The Morgan fingerprint density at radius 1 is 1.50 bits per heavy atom. The molecule has 0 spiro atoms. The quantitative estimate of drug-likeness (QED) is 0.768. The Bertz CT molecular complexity index is 426. The molecule has 16 heavy (non-hydrogen) atoms. The van der Waals surface area contributed by atoms with Crippen LogP contribution in [0.15, 0.2) is 18.2 Å². The molecule has 1 aliphatic heterocycles. The summed E-state index contributed by atoms with van der Waals surface area (Å²) in [6.45, 7) is 4.06. The van der Waals surface area contributed by atoms with E-state index in [9.17, 15) is 4.79 Å². The van der Waals surface area contributed by atoms with Crippen LogP contribution in [0.2, 0.25) is 0 Å². The third kappa shape index (κ3) is 1.94. The predicted molar refractivity (Wildman–Crippen MR) is 59.3 cm³/mol. The van der Waals surface area contributed by atoms with E-state index in [1.165, 1.54) is 0 Å². The third-order valence-electron chi connectivity index (χ3n) is 2.54. The summed E-state index contributed by atoms with van der Waals surface area (Å²) < 4.78 is 11.2. The Morgan fingerprint density at radius 2 is 2.25 bits per heavy atom. The Labute approximate surface area is 94.3 Å². The third-order valence-corrected chi connectivity index (χ3v) is 2.54. The number of fused-ring (bicyclic) bond motifs is 1. The van der Waals surface area contributed by atoms with Crippen LogP contribution in [0.4, 0.5) is 0 Å². The highest BCUT2D eigenvalue weighted by Gasteiger charge is 2.29. The van der Waals surface area contributed by atoms with Crippen LogP contribution in [-0.4, -0.2) is 18.1 Å². The van der Waals surface area contributed by atoms with E-state index in [1.807, 2.05) is 19.9 Å². The van der Waals surface area contributed by atoms with Crippen LogP contribution in [0.5, 0.6) is 5.75 Å². The van der Waals surface area contributed by atoms with Gasteiger partial charge in [0.15, 0.2) is 5.78 Å². The lowest BCUT2D eigenvalue weighted by atomic mass is 10.0. The van der Waals surface area contributed by atoms with E-state index < -0.39 is 5.79 Å². The van der Waals surface area contributed by atoms with Crippen molar-refractivity contribution < 1.29 is 14.3 Å².